The van der Waals surface area contributed by atoms with Crippen LogP contribution in [0.25, 0.3) is 0 Å². The molecule has 1 aliphatic rings. The van der Waals surface area contributed by atoms with Crippen LogP contribution in [0.15, 0.2) is 48.2 Å². The van der Waals surface area contributed by atoms with E-state index in [0.29, 0.717) is 18.5 Å². The topological polar surface area (TPSA) is 92.5 Å². The van der Waals surface area contributed by atoms with Crippen LogP contribution in [0.3, 0.4) is 0 Å². The Morgan fingerprint density at radius 2 is 1.89 bits per heavy atom. The molecular formula is C15H20N2O2. The molecule has 4 heteroatoms. The van der Waals surface area contributed by atoms with Gasteiger partial charge in [0.2, 0.25) is 0 Å². The number of nitrogens with two attached hydrogens (primary N) is 2. The minimum atomic E-state index is -0.553. The zero-order valence-electron chi connectivity index (χ0n) is 10.8. The van der Waals surface area contributed by atoms with Crippen LogP contribution < -0.4 is 11.5 Å². The molecule has 2 unspecified atom stereocenters. The molecule has 19 heavy (non-hydrogen) atoms. The first-order valence-corrected chi connectivity index (χ1v) is 6.38. The van der Waals surface area contributed by atoms with Crippen molar-refractivity contribution in [3.63, 3.8) is 0 Å². The molecule has 0 aliphatic heterocycles. The van der Waals surface area contributed by atoms with Gasteiger partial charge in [0.25, 0.3) is 0 Å². The summed E-state index contributed by atoms with van der Waals surface area (Å²) in [4.78, 5) is 0. The van der Waals surface area contributed by atoms with Gasteiger partial charge in [0.05, 0.1) is 0 Å². The van der Waals surface area contributed by atoms with E-state index in [1.807, 2.05) is 30.4 Å². The number of aromatic hydroxyl groups is 1. The van der Waals surface area contributed by atoms with Gasteiger partial charge in [-0.25, -0.2) is 0 Å². The Bertz CT molecular complexity index is 493. The Hall–Kier alpha value is -1.78. The maximum absolute atomic E-state index is 9.29. The number of aliphatic hydroxyl groups is 1. The minimum absolute atomic E-state index is 0.0105. The Morgan fingerprint density at radius 3 is 2.53 bits per heavy atom. The van der Waals surface area contributed by atoms with Crippen molar-refractivity contribution in [3.8, 4) is 5.75 Å². The first-order valence-electron chi connectivity index (χ1n) is 6.38. The fourth-order valence-corrected chi connectivity index (χ4v) is 2.47. The summed E-state index contributed by atoms with van der Waals surface area (Å²) in [5, 5.41) is 18.5. The van der Waals surface area contributed by atoms with Gasteiger partial charge in [-0.05, 0) is 36.6 Å². The van der Waals surface area contributed by atoms with Crippen molar-refractivity contribution in [1.29, 1.82) is 0 Å². The predicted molar refractivity (Wildman–Crippen MR) is 75.3 cm³/mol. The van der Waals surface area contributed by atoms with Crippen molar-refractivity contribution in [2.75, 3.05) is 6.61 Å². The van der Waals surface area contributed by atoms with Gasteiger partial charge in [-0.2, -0.15) is 0 Å². The van der Waals surface area contributed by atoms with E-state index in [1.165, 1.54) is 0 Å². The third-order valence-corrected chi connectivity index (χ3v) is 3.56. The van der Waals surface area contributed by atoms with Gasteiger partial charge in [-0.1, -0.05) is 24.3 Å². The summed E-state index contributed by atoms with van der Waals surface area (Å²) >= 11 is 0. The normalized spacial score (nSPS) is 26.2. The maximum Gasteiger partial charge on any atom is 0.115 e. The molecule has 0 spiro atoms. The lowest BCUT2D eigenvalue weighted by Crippen LogP contribution is -2.48. The molecule has 1 aromatic rings. The summed E-state index contributed by atoms with van der Waals surface area (Å²) in [6, 6.07) is 7.01. The van der Waals surface area contributed by atoms with Crippen LogP contribution in [0.1, 0.15) is 12.0 Å². The second-order valence-corrected chi connectivity index (χ2v) is 5.07. The minimum Gasteiger partial charge on any atom is -0.508 e. The van der Waals surface area contributed by atoms with Gasteiger partial charge in [0.15, 0.2) is 0 Å². The quantitative estimate of drug-likeness (QED) is 0.651. The van der Waals surface area contributed by atoms with Crippen molar-refractivity contribution in [2.45, 2.75) is 18.4 Å². The van der Waals surface area contributed by atoms with Gasteiger partial charge >= 0.3 is 0 Å². The van der Waals surface area contributed by atoms with E-state index in [-0.39, 0.29) is 18.3 Å². The van der Waals surface area contributed by atoms with Crippen molar-refractivity contribution in [2.24, 2.45) is 17.4 Å². The van der Waals surface area contributed by atoms with E-state index >= 15 is 0 Å². The fourth-order valence-electron chi connectivity index (χ4n) is 2.47. The van der Waals surface area contributed by atoms with E-state index in [0.717, 1.165) is 5.56 Å². The Balaban J connectivity index is 2.20. The molecule has 2 atom stereocenters. The van der Waals surface area contributed by atoms with Gasteiger partial charge in [0, 0.05) is 23.8 Å². The van der Waals surface area contributed by atoms with Gasteiger partial charge < -0.3 is 21.7 Å². The third-order valence-electron chi connectivity index (χ3n) is 3.56. The van der Waals surface area contributed by atoms with E-state index in [9.17, 15) is 5.11 Å². The average Bonchev–Trinajstić information content (AvgIpc) is 2.38. The van der Waals surface area contributed by atoms with Crippen LogP contribution in [0.5, 0.6) is 5.75 Å². The first-order chi connectivity index (χ1) is 9.03. The van der Waals surface area contributed by atoms with Crippen LogP contribution >= 0.6 is 0 Å². The van der Waals surface area contributed by atoms with Crippen LogP contribution in [0.2, 0.25) is 0 Å². The summed E-state index contributed by atoms with van der Waals surface area (Å²) in [5.41, 5.74) is 13.4. The van der Waals surface area contributed by atoms with Crippen LogP contribution in [0, 0.1) is 5.92 Å². The molecule has 2 rings (SSSR count). The molecule has 0 heterocycles. The Kier molecular flexibility index (Phi) is 3.93. The summed E-state index contributed by atoms with van der Waals surface area (Å²) in [6.45, 7) is 0.0802. The van der Waals surface area contributed by atoms with E-state index in [2.05, 4.69) is 0 Å². The average molecular weight is 260 g/mol. The summed E-state index contributed by atoms with van der Waals surface area (Å²) < 4.78 is 0. The molecule has 0 bridgehead atoms. The molecular weight excluding hydrogens is 240 g/mol. The summed E-state index contributed by atoms with van der Waals surface area (Å²) in [7, 11) is 0. The summed E-state index contributed by atoms with van der Waals surface area (Å²) in [5.74, 6) is 0.251. The molecule has 0 saturated carbocycles. The number of phenols is 1. The van der Waals surface area contributed by atoms with Crippen LogP contribution in [-0.2, 0) is 6.42 Å². The Morgan fingerprint density at radius 1 is 1.21 bits per heavy atom. The Labute approximate surface area is 113 Å². The zero-order chi connectivity index (χ0) is 13.9. The molecule has 6 N–H and O–H groups in total. The number of aliphatic hydroxyl groups excluding tert-OH is 1. The standard InChI is InChI=1S/C15H20N2O2/c16-13-5-7-15(17,12(9-13)6-8-18)10-11-1-3-14(19)4-2-11/h1-5,7,9,12,18-19H,6,8,10,16-17H2. The molecule has 1 aromatic carbocycles. The number of benzene rings is 1. The molecule has 0 aromatic heterocycles. The number of allylic oxidation sites excluding steroid dienone is 1. The molecule has 4 nitrogen and oxygen atoms in total. The van der Waals surface area contributed by atoms with E-state index in [4.69, 9.17) is 16.6 Å². The van der Waals surface area contributed by atoms with Crippen molar-refractivity contribution in [1.82, 2.24) is 0 Å². The largest absolute Gasteiger partial charge is 0.508 e. The SMILES string of the molecule is NC1=CC(CCO)C(N)(Cc2ccc(O)cc2)C=C1. The molecule has 0 radical (unpaired) electrons. The third kappa shape index (κ3) is 3.16. The highest BCUT2D eigenvalue weighted by atomic mass is 16.3. The van der Waals surface area contributed by atoms with Crippen LogP contribution in [-0.4, -0.2) is 22.4 Å². The highest BCUT2D eigenvalue weighted by Crippen LogP contribution is 2.30. The first kappa shape index (κ1) is 13.6. The summed E-state index contributed by atoms with van der Waals surface area (Å²) in [6.07, 6.45) is 6.86. The molecule has 0 amide bonds. The fraction of sp³-hybridized carbons (Fsp3) is 0.333. The zero-order valence-corrected chi connectivity index (χ0v) is 10.8. The number of hydrogen-bond acceptors (Lipinski definition) is 4. The monoisotopic (exact) mass is 260 g/mol. The number of hydrogen-bond donors (Lipinski definition) is 4. The second-order valence-electron chi connectivity index (χ2n) is 5.07. The van der Waals surface area contributed by atoms with Crippen LogP contribution in [0.4, 0.5) is 0 Å². The van der Waals surface area contributed by atoms with Gasteiger partial charge in [-0.15, -0.1) is 0 Å². The number of phenolic OH excluding ortho intramolecular Hbond substituents is 1. The number of rotatable bonds is 4. The molecule has 0 fully saturated rings. The second kappa shape index (κ2) is 5.47. The molecule has 102 valence electrons. The molecule has 0 saturated heterocycles. The van der Waals surface area contributed by atoms with Crippen molar-refractivity contribution in [3.05, 3.63) is 53.8 Å². The highest BCUT2D eigenvalue weighted by Gasteiger charge is 2.33. The van der Waals surface area contributed by atoms with E-state index in [1.54, 1.807) is 12.1 Å². The van der Waals surface area contributed by atoms with Crippen molar-refractivity contribution >= 4 is 0 Å². The lowest BCUT2D eigenvalue weighted by Gasteiger charge is -2.36. The van der Waals surface area contributed by atoms with Crippen molar-refractivity contribution < 1.29 is 10.2 Å². The lowest BCUT2D eigenvalue weighted by molar-refractivity contribution is 0.240. The highest BCUT2D eigenvalue weighted by molar-refractivity contribution is 5.34. The van der Waals surface area contributed by atoms with Gasteiger partial charge in [-0.3, -0.25) is 0 Å². The maximum atomic E-state index is 9.29. The predicted octanol–water partition coefficient (Wildman–Crippen LogP) is 1.04. The van der Waals surface area contributed by atoms with Gasteiger partial charge in [0.1, 0.15) is 5.75 Å². The van der Waals surface area contributed by atoms with E-state index < -0.39 is 5.54 Å². The molecule has 1 aliphatic carbocycles. The lowest BCUT2D eigenvalue weighted by atomic mass is 9.75. The smallest absolute Gasteiger partial charge is 0.115 e.